The molecule has 0 saturated carbocycles. The Morgan fingerprint density at radius 2 is 1.93 bits per heavy atom. The number of amides is 1. The van der Waals surface area contributed by atoms with Crippen molar-refractivity contribution in [2.24, 2.45) is 0 Å². The van der Waals surface area contributed by atoms with Crippen LogP contribution in [0.15, 0.2) is 54.9 Å². The maximum Gasteiger partial charge on any atom is 0.252 e. The van der Waals surface area contributed by atoms with Crippen molar-refractivity contribution in [3.8, 4) is 28.4 Å². The summed E-state index contributed by atoms with van der Waals surface area (Å²) in [6, 6.07) is 12.5. The summed E-state index contributed by atoms with van der Waals surface area (Å²) < 4.78 is 5.54. The van der Waals surface area contributed by atoms with Gasteiger partial charge in [0.15, 0.2) is 11.5 Å². The molecule has 0 aliphatic carbocycles. The Balaban J connectivity index is 1.42. The molecule has 6 nitrogen and oxygen atoms in total. The van der Waals surface area contributed by atoms with Gasteiger partial charge in [0.05, 0.1) is 12.2 Å². The van der Waals surface area contributed by atoms with Gasteiger partial charge < -0.3 is 20.3 Å². The van der Waals surface area contributed by atoms with E-state index in [1.54, 1.807) is 18.5 Å². The summed E-state index contributed by atoms with van der Waals surface area (Å²) in [5, 5.41) is 21.7. The van der Waals surface area contributed by atoms with Gasteiger partial charge in [-0.2, -0.15) is 0 Å². The van der Waals surface area contributed by atoms with E-state index in [0.717, 1.165) is 28.9 Å². The van der Waals surface area contributed by atoms with Crippen LogP contribution in [0.25, 0.3) is 11.1 Å². The fraction of sp³-hybridized carbons (Fsp3) is 0.182. The lowest BCUT2D eigenvalue weighted by Crippen LogP contribution is -2.25. The number of fused-ring (bicyclic) bond motifs is 1. The summed E-state index contributed by atoms with van der Waals surface area (Å²) in [5.41, 5.74) is 4.37. The minimum Gasteiger partial charge on any atom is -0.504 e. The fourth-order valence-electron chi connectivity index (χ4n) is 3.24. The molecule has 0 bridgehead atoms. The number of nitrogens with zero attached hydrogens (tertiary/aromatic N) is 1. The lowest BCUT2D eigenvalue weighted by Gasteiger charge is -2.08. The van der Waals surface area contributed by atoms with Crippen molar-refractivity contribution in [2.75, 3.05) is 13.2 Å². The van der Waals surface area contributed by atoms with Gasteiger partial charge in [-0.1, -0.05) is 12.1 Å². The maximum absolute atomic E-state index is 12.5. The molecule has 1 aliphatic rings. The lowest BCUT2D eigenvalue weighted by atomic mass is 10.0. The average Bonchev–Trinajstić information content (AvgIpc) is 3.18. The minimum atomic E-state index is -0.207. The fourth-order valence-corrected chi connectivity index (χ4v) is 3.24. The molecule has 1 amide bonds. The zero-order valence-corrected chi connectivity index (χ0v) is 15.2. The molecule has 0 fully saturated rings. The zero-order valence-electron chi connectivity index (χ0n) is 15.2. The van der Waals surface area contributed by atoms with Crippen LogP contribution in [-0.2, 0) is 12.8 Å². The van der Waals surface area contributed by atoms with E-state index >= 15 is 0 Å². The third-order valence-corrected chi connectivity index (χ3v) is 4.76. The molecule has 3 aromatic rings. The van der Waals surface area contributed by atoms with Crippen molar-refractivity contribution >= 4 is 5.91 Å². The highest BCUT2D eigenvalue weighted by Crippen LogP contribution is 2.30. The first-order chi connectivity index (χ1) is 13.6. The van der Waals surface area contributed by atoms with Crippen molar-refractivity contribution in [3.63, 3.8) is 0 Å². The Morgan fingerprint density at radius 3 is 2.79 bits per heavy atom. The maximum atomic E-state index is 12.5. The predicted molar refractivity (Wildman–Crippen MR) is 105 cm³/mol. The Morgan fingerprint density at radius 1 is 1.04 bits per heavy atom. The molecule has 2 aromatic carbocycles. The van der Waals surface area contributed by atoms with Crippen LogP contribution in [-0.4, -0.2) is 34.3 Å². The molecule has 0 atom stereocenters. The van der Waals surface area contributed by atoms with Crippen molar-refractivity contribution in [3.05, 3.63) is 71.5 Å². The first-order valence-electron chi connectivity index (χ1n) is 9.10. The lowest BCUT2D eigenvalue weighted by molar-refractivity contribution is 0.0954. The van der Waals surface area contributed by atoms with Gasteiger partial charge in [0.2, 0.25) is 0 Å². The monoisotopic (exact) mass is 376 g/mol. The van der Waals surface area contributed by atoms with Crippen molar-refractivity contribution < 1.29 is 19.7 Å². The van der Waals surface area contributed by atoms with E-state index in [1.165, 1.54) is 17.7 Å². The molecule has 6 heteroatoms. The van der Waals surface area contributed by atoms with E-state index in [1.807, 2.05) is 18.2 Å². The van der Waals surface area contributed by atoms with Crippen molar-refractivity contribution in [1.82, 2.24) is 10.3 Å². The van der Waals surface area contributed by atoms with Crippen molar-refractivity contribution in [2.45, 2.75) is 12.8 Å². The summed E-state index contributed by atoms with van der Waals surface area (Å²) in [5.74, 6) is 0.391. The average molecular weight is 376 g/mol. The highest BCUT2D eigenvalue weighted by atomic mass is 16.5. The number of rotatable bonds is 5. The molecule has 4 rings (SSSR count). The molecular weight excluding hydrogens is 356 g/mol. The summed E-state index contributed by atoms with van der Waals surface area (Å²) in [7, 11) is 0. The second-order valence-corrected chi connectivity index (χ2v) is 6.71. The number of pyridine rings is 1. The van der Waals surface area contributed by atoms with Crippen LogP contribution in [0.5, 0.6) is 17.2 Å². The number of nitrogens with one attached hydrogen (secondary N) is 1. The van der Waals surface area contributed by atoms with Gasteiger partial charge in [-0.15, -0.1) is 0 Å². The molecule has 0 unspecified atom stereocenters. The van der Waals surface area contributed by atoms with Gasteiger partial charge >= 0.3 is 0 Å². The van der Waals surface area contributed by atoms with E-state index in [2.05, 4.69) is 16.4 Å². The Labute approximate surface area is 162 Å². The first kappa shape index (κ1) is 17.9. The van der Waals surface area contributed by atoms with Gasteiger partial charge in [-0.05, 0) is 53.4 Å². The normalized spacial score (nSPS) is 12.3. The number of hydrogen-bond acceptors (Lipinski definition) is 5. The van der Waals surface area contributed by atoms with E-state index < -0.39 is 0 Å². The molecule has 142 valence electrons. The number of aromatic nitrogens is 1. The van der Waals surface area contributed by atoms with Gasteiger partial charge in [0, 0.05) is 30.9 Å². The van der Waals surface area contributed by atoms with E-state index in [0.29, 0.717) is 25.1 Å². The van der Waals surface area contributed by atoms with Crippen LogP contribution < -0.4 is 10.1 Å². The van der Waals surface area contributed by atoms with Gasteiger partial charge in [0.25, 0.3) is 5.91 Å². The number of phenols is 2. The van der Waals surface area contributed by atoms with Crippen LogP contribution in [0.3, 0.4) is 0 Å². The second kappa shape index (κ2) is 7.60. The number of phenolic OH excluding ortho intramolecular Hbond substituents is 2. The van der Waals surface area contributed by atoms with Gasteiger partial charge in [0.1, 0.15) is 5.75 Å². The number of carbonyl (C=O) groups is 1. The summed E-state index contributed by atoms with van der Waals surface area (Å²) in [6.45, 7) is 1.11. The van der Waals surface area contributed by atoms with Crippen molar-refractivity contribution in [1.29, 1.82) is 0 Å². The zero-order chi connectivity index (χ0) is 19.5. The summed E-state index contributed by atoms with van der Waals surface area (Å²) >= 11 is 0. The quantitative estimate of drug-likeness (QED) is 0.595. The second-order valence-electron chi connectivity index (χ2n) is 6.71. The number of benzene rings is 2. The molecule has 1 aromatic heterocycles. The molecule has 1 aliphatic heterocycles. The topological polar surface area (TPSA) is 91.7 Å². The number of carbonyl (C=O) groups excluding carboxylic acids is 1. The summed E-state index contributed by atoms with van der Waals surface area (Å²) in [4.78, 5) is 16.7. The first-order valence-corrected chi connectivity index (χ1v) is 9.10. The van der Waals surface area contributed by atoms with Crippen LogP contribution in [0.2, 0.25) is 0 Å². The van der Waals surface area contributed by atoms with Gasteiger partial charge in [-0.3, -0.25) is 9.78 Å². The molecule has 3 N–H and O–H groups in total. The van der Waals surface area contributed by atoms with E-state index in [4.69, 9.17) is 4.74 Å². The standard InChI is InChI=1S/C22H20N2O4/c25-19-3-1-14(9-20(19)26)5-7-24-22(27)18-11-17(12-23-13-18)15-2-4-21-16(10-15)6-8-28-21/h1-4,9-13,25-26H,5-8H2,(H,24,27). The Hall–Kier alpha value is -3.54. The third kappa shape index (κ3) is 3.76. The van der Waals surface area contributed by atoms with Gasteiger partial charge in [-0.25, -0.2) is 0 Å². The Kier molecular flexibility index (Phi) is 4.85. The van der Waals surface area contributed by atoms with Crippen LogP contribution in [0.1, 0.15) is 21.5 Å². The SMILES string of the molecule is O=C(NCCc1ccc(O)c(O)c1)c1cncc(-c2ccc3c(c2)CCO3)c1. The molecule has 0 spiro atoms. The molecule has 28 heavy (non-hydrogen) atoms. The summed E-state index contributed by atoms with van der Waals surface area (Å²) in [6.07, 6.45) is 4.72. The smallest absolute Gasteiger partial charge is 0.252 e. The highest BCUT2D eigenvalue weighted by molar-refractivity contribution is 5.95. The molecule has 2 heterocycles. The molecule has 0 saturated heterocycles. The number of aromatic hydroxyl groups is 2. The van der Waals surface area contributed by atoms with E-state index in [9.17, 15) is 15.0 Å². The number of hydrogen-bond donors (Lipinski definition) is 3. The predicted octanol–water partition coefficient (Wildman–Crippen LogP) is 3.07. The Bertz CT molecular complexity index is 1030. The van der Waals surface area contributed by atoms with Crippen LogP contribution >= 0.6 is 0 Å². The highest BCUT2D eigenvalue weighted by Gasteiger charge is 2.14. The molecular formula is C22H20N2O4. The largest absolute Gasteiger partial charge is 0.504 e. The third-order valence-electron chi connectivity index (χ3n) is 4.76. The number of ether oxygens (including phenoxy) is 1. The van der Waals surface area contributed by atoms with Crippen LogP contribution in [0, 0.1) is 0 Å². The van der Waals surface area contributed by atoms with Crippen LogP contribution in [0.4, 0.5) is 0 Å². The molecule has 0 radical (unpaired) electrons. The van der Waals surface area contributed by atoms with E-state index in [-0.39, 0.29) is 17.4 Å². The minimum absolute atomic E-state index is 0.159.